The molecule has 0 unspecified atom stereocenters. The van der Waals surface area contributed by atoms with Gasteiger partial charge in [-0.2, -0.15) is 0 Å². The van der Waals surface area contributed by atoms with E-state index in [9.17, 15) is 19.5 Å². The summed E-state index contributed by atoms with van der Waals surface area (Å²) in [6.07, 6.45) is 4.65. The van der Waals surface area contributed by atoms with Crippen LogP contribution < -0.4 is 15.4 Å². The number of nitrogens with zero attached hydrogens (tertiary/aromatic N) is 1. The van der Waals surface area contributed by atoms with E-state index in [2.05, 4.69) is 16.7 Å². The van der Waals surface area contributed by atoms with Crippen molar-refractivity contribution in [2.24, 2.45) is 0 Å². The van der Waals surface area contributed by atoms with Crippen LogP contribution >= 0.6 is 0 Å². The lowest BCUT2D eigenvalue weighted by Crippen LogP contribution is -2.55. The second-order valence-electron chi connectivity index (χ2n) is 10.9. The molecule has 8 heteroatoms. The van der Waals surface area contributed by atoms with Gasteiger partial charge < -0.3 is 25.0 Å². The van der Waals surface area contributed by atoms with Gasteiger partial charge in [-0.3, -0.25) is 9.59 Å². The molecule has 212 valence electrons. The quantitative estimate of drug-likeness (QED) is 0.244. The molecule has 1 aliphatic carbocycles. The number of carboxylic acid groups (broad SMARTS) is 1. The molecule has 1 fully saturated rings. The van der Waals surface area contributed by atoms with Crippen LogP contribution in [0.15, 0.2) is 79.0 Å². The number of hydrogen-bond acceptors (Lipinski definition) is 4. The van der Waals surface area contributed by atoms with Crippen LogP contribution in [-0.2, 0) is 27.3 Å². The molecule has 1 aromatic heterocycles. The van der Waals surface area contributed by atoms with Gasteiger partial charge in [0, 0.05) is 17.4 Å². The van der Waals surface area contributed by atoms with E-state index < -0.39 is 23.5 Å². The lowest BCUT2D eigenvalue weighted by Gasteiger charge is -2.30. The minimum atomic E-state index is -1.14. The zero-order chi connectivity index (χ0) is 29.0. The molecule has 8 nitrogen and oxygen atoms in total. The Labute approximate surface area is 239 Å². The predicted octanol–water partition coefficient (Wildman–Crippen LogP) is 5.40. The number of fused-ring (bicyclic) bond motifs is 1. The van der Waals surface area contributed by atoms with Crippen LogP contribution in [0.1, 0.15) is 42.4 Å². The molecule has 4 aromatic rings. The fourth-order valence-electron chi connectivity index (χ4n) is 5.63. The van der Waals surface area contributed by atoms with Crippen LogP contribution in [0, 0.1) is 13.8 Å². The molecule has 0 saturated heterocycles. The highest BCUT2D eigenvalue weighted by Gasteiger charge is 2.45. The van der Waals surface area contributed by atoms with Crippen molar-refractivity contribution in [1.29, 1.82) is 0 Å². The van der Waals surface area contributed by atoms with Crippen molar-refractivity contribution >= 4 is 34.4 Å². The molecular formula is C33H35N3O5. The van der Waals surface area contributed by atoms with Crippen molar-refractivity contribution in [3.05, 3.63) is 95.7 Å². The summed E-state index contributed by atoms with van der Waals surface area (Å²) < 4.78 is 8.12. The van der Waals surface area contributed by atoms with Crippen LogP contribution in [-0.4, -0.2) is 39.1 Å². The van der Waals surface area contributed by atoms with Crippen LogP contribution in [0.3, 0.4) is 0 Å². The number of benzene rings is 3. The maximum absolute atomic E-state index is 13.6. The smallest absolute Gasteiger partial charge is 0.328 e. The number of amides is 2. The van der Waals surface area contributed by atoms with E-state index in [0.29, 0.717) is 18.6 Å². The molecule has 0 radical (unpaired) electrons. The van der Waals surface area contributed by atoms with Gasteiger partial charge in [-0.15, -0.1) is 0 Å². The summed E-state index contributed by atoms with van der Waals surface area (Å²) in [6, 6.07) is 21.6. The average molecular weight is 554 g/mol. The highest BCUT2D eigenvalue weighted by Crippen LogP contribution is 2.35. The summed E-state index contributed by atoms with van der Waals surface area (Å²) in [5.74, 6) is -1.14. The SMILES string of the molecule is Cc1cc(C)cc(NC(=O)Cc2ccc(OC3(C(=O)N[C@@H](Cn4ccc5ccccc54)C(=O)O)CCCC3)cc2)c1. The number of aliphatic carboxylic acids is 1. The van der Waals surface area contributed by atoms with Gasteiger partial charge in [0.15, 0.2) is 5.60 Å². The fourth-order valence-corrected chi connectivity index (χ4v) is 5.63. The molecule has 41 heavy (non-hydrogen) atoms. The summed E-state index contributed by atoms with van der Waals surface area (Å²) >= 11 is 0. The van der Waals surface area contributed by atoms with Gasteiger partial charge in [0.2, 0.25) is 5.91 Å². The van der Waals surface area contributed by atoms with E-state index in [-0.39, 0.29) is 18.9 Å². The molecule has 0 bridgehead atoms. The lowest BCUT2D eigenvalue weighted by atomic mass is 10.00. The Kier molecular flexibility index (Phi) is 8.10. The first-order valence-electron chi connectivity index (χ1n) is 13.9. The number of rotatable bonds is 10. The second kappa shape index (κ2) is 11.9. The number of hydrogen-bond donors (Lipinski definition) is 3. The highest BCUT2D eigenvalue weighted by molar-refractivity contribution is 5.92. The number of para-hydroxylation sites is 1. The van der Waals surface area contributed by atoms with Gasteiger partial charge in [0.1, 0.15) is 11.8 Å². The van der Waals surface area contributed by atoms with Crippen molar-refractivity contribution in [2.75, 3.05) is 5.32 Å². The van der Waals surface area contributed by atoms with Crippen LogP contribution in [0.5, 0.6) is 5.75 Å². The number of aromatic nitrogens is 1. The molecule has 2 amide bonds. The lowest BCUT2D eigenvalue weighted by molar-refractivity contribution is -0.146. The van der Waals surface area contributed by atoms with Gasteiger partial charge in [0.25, 0.3) is 5.91 Å². The van der Waals surface area contributed by atoms with E-state index >= 15 is 0 Å². The van der Waals surface area contributed by atoms with Crippen molar-refractivity contribution < 1.29 is 24.2 Å². The molecule has 1 saturated carbocycles. The second-order valence-corrected chi connectivity index (χ2v) is 10.9. The predicted molar refractivity (Wildman–Crippen MR) is 158 cm³/mol. The number of carbonyl (C=O) groups excluding carboxylic acids is 2. The van der Waals surface area contributed by atoms with E-state index in [4.69, 9.17) is 4.74 Å². The van der Waals surface area contributed by atoms with Crippen molar-refractivity contribution in [3.63, 3.8) is 0 Å². The Morgan fingerprint density at radius 1 is 0.951 bits per heavy atom. The first-order chi connectivity index (χ1) is 19.7. The molecule has 1 heterocycles. The minimum absolute atomic E-state index is 0.101. The Morgan fingerprint density at radius 2 is 1.63 bits per heavy atom. The first kappa shape index (κ1) is 28.0. The van der Waals surface area contributed by atoms with Gasteiger partial charge in [-0.1, -0.05) is 36.4 Å². The van der Waals surface area contributed by atoms with Gasteiger partial charge in [-0.05, 0) is 98.0 Å². The van der Waals surface area contributed by atoms with E-state index in [1.807, 2.05) is 79.2 Å². The number of carboxylic acids is 1. The van der Waals surface area contributed by atoms with E-state index in [1.54, 1.807) is 12.1 Å². The van der Waals surface area contributed by atoms with Gasteiger partial charge >= 0.3 is 5.97 Å². The summed E-state index contributed by atoms with van der Waals surface area (Å²) in [4.78, 5) is 38.3. The third kappa shape index (κ3) is 6.60. The van der Waals surface area contributed by atoms with Gasteiger partial charge in [0.05, 0.1) is 13.0 Å². The Hall–Kier alpha value is -4.59. The first-order valence-corrected chi connectivity index (χ1v) is 13.9. The molecule has 1 aliphatic rings. The summed E-state index contributed by atoms with van der Waals surface area (Å²) in [6.45, 7) is 4.08. The molecule has 0 aliphatic heterocycles. The number of anilines is 1. The third-order valence-corrected chi connectivity index (χ3v) is 7.59. The standard InChI is InChI=1S/C33H35N3O5/c1-22-17-23(2)19-26(18-22)34-30(37)20-24-9-11-27(12-10-24)41-33(14-5-6-15-33)32(40)35-28(31(38)39)21-36-16-13-25-7-3-4-8-29(25)36/h3-4,7-13,16-19,28H,5-6,14-15,20-21H2,1-2H3,(H,34,37)(H,35,40)(H,38,39)/t28-/m0/s1. The fraction of sp³-hybridized carbons (Fsp3) is 0.303. The van der Waals surface area contributed by atoms with E-state index in [0.717, 1.165) is 46.1 Å². The molecule has 1 atom stereocenters. The minimum Gasteiger partial charge on any atom is -0.480 e. The summed E-state index contributed by atoms with van der Waals surface area (Å²) in [5.41, 5.74) is 3.51. The molecular weight excluding hydrogens is 518 g/mol. The summed E-state index contributed by atoms with van der Waals surface area (Å²) in [5, 5.41) is 16.6. The molecule has 3 aromatic carbocycles. The van der Waals surface area contributed by atoms with Gasteiger partial charge in [-0.25, -0.2) is 4.79 Å². The van der Waals surface area contributed by atoms with Crippen LogP contribution in [0.25, 0.3) is 10.9 Å². The maximum Gasteiger partial charge on any atom is 0.328 e. The highest BCUT2D eigenvalue weighted by atomic mass is 16.5. The van der Waals surface area contributed by atoms with Crippen LogP contribution in [0.2, 0.25) is 0 Å². The monoisotopic (exact) mass is 553 g/mol. The zero-order valence-corrected chi connectivity index (χ0v) is 23.4. The third-order valence-electron chi connectivity index (χ3n) is 7.59. The Balaban J connectivity index is 1.24. The Bertz CT molecular complexity index is 1550. The zero-order valence-electron chi connectivity index (χ0n) is 23.4. The number of nitrogens with one attached hydrogen (secondary N) is 2. The molecule has 3 N–H and O–H groups in total. The topological polar surface area (TPSA) is 110 Å². The average Bonchev–Trinajstić information content (AvgIpc) is 3.57. The van der Waals surface area contributed by atoms with Crippen molar-refractivity contribution in [2.45, 2.75) is 64.1 Å². The maximum atomic E-state index is 13.6. The molecule has 5 rings (SSSR count). The molecule has 0 spiro atoms. The Morgan fingerprint density at radius 3 is 2.32 bits per heavy atom. The number of aryl methyl sites for hydroxylation is 2. The van der Waals surface area contributed by atoms with Crippen LogP contribution in [0.4, 0.5) is 5.69 Å². The van der Waals surface area contributed by atoms with Crippen molar-refractivity contribution in [3.8, 4) is 5.75 Å². The normalized spacial score (nSPS) is 14.9. The van der Waals surface area contributed by atoms with E-state index in [1.165, 1.54) is 0 Å². The van der Waals surface area contributed by atoms with Crippen molar-refractivity contribution in [1.82, 2.24) is 9.88 Å². The summed E-state index contributed by atoms with van der Waals surface area (Å²) in [7, 11) is 0. The number of carbonyl (C=O) groups is 3. The number of ether oxygens (including phenoxy) is 1. The largest absolute Gasteiger partial charge is 0.480 e.